The lowest BCUT2D eigenvalue weighted by Gasteiger charge is -2.09. The van der Waals surface area contributed by atoms with Crippen molar-refractivity contribution in [3.05, 3.63) is 24.3 Å². The van der Waals surface area contributed by atoms with Crippen LogP contribution in [0.15, 0.2) is 24.3 Å². The van der Waals surface area contributed by atoms with Crippen molar-refractivity contribution in [3.8, 4) is 0 Å². The van der Waals surface area contributed by atoms with Gasteiger partial charge in [-0.2, -0.15) is 0 Å². The number of nitrogens with one attached hydrogen (secondary N) is 1. The van der Waals surface area contributed by atoms with Crippen molar-refractivity contribution < 1.29 is 0 Å². The van der Waals surface area contributed by atoms with Gasteiger partial charge in [-0.1, -0.05) is 0 Å². The molecule has 0 aliphatic carbocycles. The first kappa shape index (κ1) is 7.88. The Balaban J connectivity index is 2.66. The molecule has 0 amide bonds. The standard InChI is InChI=1S/C8H13N3/c1-6(9)11-8-4-2-7(10)3-5-8/h2-6,11H,9-10H2,1H3. The van der Waals surface area contributed by atoms with Gasteiger partial charge in [0.2, 0.25) is 0 Å². The van der Waals surface area contributed by atoms with Crippen LogP contribution in [0.3, 0.4) is 0 Å². The number of benzene rings is 1. The second kappa shape index (κ2) is 3.25. The number of anilines is 2. The molecular formula is C8H13N3. The highest BCUT2D eigenvalue weighted by molar-refractivity contribution is 5.51. The van der Waals surface area contributed by atoms with Gasteiger partial charge in [-0.3, -0.25) is 0 Å². The Morgan fingerprint density at radius 3 is 2.27 bits per heavy atom. The number of rotatable bonds is 2. The molecule has 0 aliphatic heterocycles. The zero-order valence-corrected chi connectivity index (χ0v) is 6.54. The van der Waals surface area contributed by atoms with Crippen molar-refractivity contribution in [3.63, 3.8) is 0 Å². The van der Waals surface area contributed by atoms with E-state index >= 15 is 0 Å². The molecule has 5 N–H and O–H groups in total. The van der Waals surface area contributed by atoms with Gasteiger partial charge in [0, 0.05) is 11.4 Å². The third-order valence-electron chi connectivity index (χ3n) is 1.31. The highest BCUT2D eigenvalue weighted by Crippen LogP contribution is 2.10. The molecule has 0 spiro atoms. The lowest BCUT2D eigenvalue weighted by atomic mass is 10.3. The molecule has 0 saturated heterocycles. The molecule has 3 nitrogen and oxygen atoms in total. The van der Waals surface area contributed by atoms with Crippen molar-refractivity contribution in [2.24, 2.45) is 5.73 Å². The van der Waals surface area contributed by atoms with Crippen LogP contribution in [0.25, 0.3) is 0 Å². The van der Waals surface area contributed by atoms with Crippen LogP contribution in [0.4, 0.5) is 11.4 Å². The van der Waals surface area contributed by atoms with E-state index in [2.05, 4.69) is 5.32 Å². The number of nitrogens with two attached hydrogens (primary N) is 2. The molecule has 1 aromatic rings. The third kappa shape index (κ3) is 2.47. The van der Waals surface area contributed by atoms with Crippen LogP contribution in [0.2, 0.25) is 0 Å². The normalized spacial score (nSPS) is 12.5. The van der Waals surface area contributed by atoms with Crippen molar-refractivity contribution in [2.45, 2.75) is 13.1 Å². The van der Waals surface area contributed by atoms with E-state index < -0.39 is 0 Å². The Morgan fingerprint density at radius 1 is 1.27 bits per heavy atom. The fraction of sp³-hybridized carbons (Fsp3) is 0.250. The average molecular weight is 151 g/mol. The van der Waals surface area contributed by atoms with Gasteiger partial charge >= 0.3 is 0 Å². The fourth-order valence-electron chi connectivity index (χ4n) is 0.842. The molecule has 1 aromatic carbocycles. The first-order chi connectivity index (χ1) is 5.18. The Hall–Kier alpha value is -1.22. The van der Waals surface area contributed by atoms with Gasteiger partial charge in [-0.25, -0.2) is 0 Å². The number of nitrogen functional groups attached to an aromatic ring is 1. The second-order valence-electron chi connectivity index (χ2n) is 2.56. The van der Waals surface area contributed by atoms with Crippen LogP contribution < -0.4 is 16.8 Å². The van der Waals surface area contributed by atoms with Gasteiger partial charge in [0.05, 0.1) is 6.17 Å². The average Bonchev–Trinajstić information content (AvgIpc) is 1.93. The van der Waals surface area contributed by atoms with Crippen LogP contribution in [-0.4, -0.2) is 6.17 Å². The van der Waals surface area contributed by atoms with E-state index in [1.165, 1.54) is 0 Å². The van der Waals surface area contributed by atoms with E-state index in [0.717, 1.165) is 11.4 Å². The van der Waals surface area contributed by atoms with Gasteiger partial charge in [0.1, 0.15) is 0 Å². The second-order valence-corrected chi connectivity index (χ2v) is 2.56. The predicted molar refractivity (Wildman–Crippen MR) is 48.1 cm³/mol. The molecule has 0 bridgehead atoms. The summed E-state index contributed by atoms with van der Waals surface area (Å²) in [6.45, 7) is 1.89. The first-order valence-electron chi connectivity index (χ1n) is 3.56. The van der Waals surface area contributed by atoms with Crippen molar-refractivity contribution in [1.29, 1.82) is 0 Å². The van der Waals surface area contributed by atoms with E-state index in [1.807, 2.05) is 31.2 Å². The number of hydrogen-bond donors (Lipinski definition) is 3. The van der Waals surface area contributed by atoms with Crippen LogP contribution >= 0.6 is 0 Å². The molecule has 3 heteroatoms. The monoisotopic (exact) mass is 151 g/mol. The topological polar surface area (TPSA) is 64.1 Å². The van der Waals surface area contributed by atoms with Gasteiger partial charge < -0.3 is 16.8 Å². The van der Waals surface area contributed by atoms with E-state index in [4.69, 9.17) is 11.5 Å². The maximum atomic E-state index is 5.52. The smallest absolute Gasteiger partial charge is 0.0714 e. The summed E-state index contributed by atoms with van der Waals surface area (Å²) in [5, 5.41) is 3.05. The SMILES string of the molecule is CC(N)Nc1ccc(N)cc1. The molecule has 0 radical (unpaired) electrons. The molecule has 60 valence electrons. The summed E-state index contributed by atoms with van der Waals surface area (Å²) in [6, 6.07) is 7.48. The summed E-state index contributed by atoms with van der Waals surface area (Å²) in [5.41, 5.74) is 12.8. The maximum Gasteiger partial charge on any atom is 0.0714 e. The summed E-state index contributed by atoms with van der Waals surface area (Å²) >= 11 is 0. The minimum atomic E-state index is -0.0291. The lowest BCUT2D eigenvalue weighted by molar-refractivity contribution is 0.852. The van der Waals surface area contributed by atoms with E-state index in [0.29, 0.717) is 0 Å². The molecule has 11 heavy (non-hydrogen) atoms. The summed E-state index contributed by atoms with van der Waals surface area (Å²) in [7, 11) is 0. The van der Waals surface area contributed by atoms with Crippen molar-refractivity contribution in [1.82, 2.24) is 0 Å². The van der Waals surface area contributed by atoms with Gasteiger partial charge in [0.25, 0.3) is 0 Å². The summed E-state index contributed by atoms with van der Waals surface area (Å²) in [4.78, 5) is 0. The van der Waals surface area contributed by atoms with Crippen LogP contribution in [0.1, 0.15) is 6.92 Å². The fourth-order valence-corrected chi connectivity index (χ4v) is 0.842. The van der Waals surface area contributed by atoms with E-state index in [-0.39, 0.29) is 6.17 Å². The highest BCUT2D eigenvalue weighted by atomic mass is 15.0. The molecular weight excluding hydrogens is 138 g/mol. The lowest BCUT2D eigenvalue weighted by Crippen LogP contribution is -2.24. The van der Waals surface area contributed by atoms with E-state index in [1.54, 1.807) is 0 Å². The zero-order chi connectivity index (χ0) is 8.27. The maximum absolute atomic E-state index is 5.52. The van der Waals surface area contributed by atoms with Crippen molar-refractivity contribution >= 4 is 11.4 Å². The molecule has 1 atom stereocenters. The summed E-state index contributed by atoms with van der Waals surface area (Å²) in [6.07, 6.45) is -0.0291. The van der Waals surface area contributed by atoms with E-state index in [9.17, 15) is 0 Å². The Labute approximate surface area is 66.4 Å². The molecule has 0 aliphatic rings. The molecule has 0 aromatic heterocycles. The first-order valence-corrected chi connectivity index (χ1v) is 3.56. The molecule has 0 fully saturated rings. The molecule has 1 rings (SSSR count). The molecule has 0 saturated carbocycles. The van der Waals surface area contributed by atoms with Gasteiger partial charge in [-0.15, -0.1) is 0 Å². The Morgan fingerprint density at radius 2 is 1.82 bits per heavy atom. The van der Waals surface area contributed by atoms with Gasteiger partial charge in [0.15, 0.2) is 0 Å². The zero-order valence-electron chi connectivity index (χ0n) is 6.54. The Kier molecular flexibility index (Phi) is 2.33. The highest BCUT2D eigenvalue weighted by Gasteiger charge is 1.92. The summed E-state index contributed by atoms with van der Waals surface area (Å²) < 4.78 is 0. The number of hydrogen-bond acceptors (Lipinski definition) is 3. The summed E-state index contributed by atoms with van der Waals surface area (Å²) in [5.74, 6) is 0. The predicted octanol–water partition coefficient (Wildman–Crippen LogP) is 0.985. The minimum absolute atomic E-state index is 0.0291. The quantitative estimate of drug-likeness (QED) is 0.436. The van der Waals surface area contributed by atoms with Crippen LogP contribution in [0, 0.1) is 0 Å². The Bertz CT molecular complexity index is 215. The minimum Gasteiger partial charge on any atom is -0.399 e. The van der Waals surface area contributed by atoms with Gasteiger partial charge in [-0.05, 0) is 31.2 Å². The van der Waals surface area contributed by atoms with Crippen LogP contribution in [0.5, 0.6) is 0 Å². The molecule has 0 heterocycles. The third-order valence-corrected chi connectivity index (χ3v) is 1.31. The van der Waals surface area contributed by atoms with Crippen LogP contribution in [-0.2, 0) is 0 Å². The van der Waals surface area contributed by atoms with Crippen molar-refractivity contribution in [2.75, 3.05) is 11.1 Å². The molecule has 1 unspecified atom stereocenters. The largest absolute Gasteiger partial charge is 0.399 e.